The van der Waals surface area contributed by atoms with E-state index in [9.17, 15) is 8.42 Å². The molecule has 0 aliphatic heterocycles. The molecule has 0 saturated carbocycles. The molecule has 1 rings (SSSR count). The van der Waals surface area contributed by atoms with Crippen LogP contribution in [-0.2, 0) is 27.4 Å². The molecule has 0 fully saturated rings. The Labute approximate surface area is 154 Å². The highest BCUT2D eigenvalue weighted by Gasteiger charge is 2.25. The molecule has 1 aromatic rings. The third-order valence-corrected chi connectivity index (χ3v) is 6.01. The van der Waals surface area contributed by atoms with Gasteiger partial charge < -0.3 is 0 Å². The van der Waals surface area contributed by atoms with Crippen LogP contribution in [0.2, 0.25) is 0 Å². The SMILES string of the molecule is CCC(C)(C)c1ccc(CCCC=CS(=O)(=O)O)c(C(C)(C)CC)c1. The van der Waals surface area contributed by atoms with E-state index in [-0.39, 0.29) is 10.8 Å². The third-order valence-electron chi connectivity index (χ3n) is 5.47. The largest absolute Gasteiger partial charge is 0.287 e. The molecule has 1 aromatic carbocycles. The maximum absolute atomic E-state index is 10.7. The molecule has 1 N–H and O–H groups in total. The number of benzene rings is 1. The number of unbranched alkanes of at least 4 members (excludes halogenated alkanes) is 1. The van der Waals surface area contributed by atoms with E-state index in [1.54, 1.807) is 0 Å². The summed E-state index contributed by atoms with van der Waals surface area (Å²) in [5, 5.41) is 0.872. The van der Waals surface area contributed by atoms with Gasteiger partial charge in [-0.25, -0.2) is 0 Å². The highest BCUT2D eigenvalue weighted by molar-refractivity contribution is 7.88. The predicted octanol–water partition coefficient (Wildman–Crippen LogP) is 5.79. The zero-order valence-electron chi connectivity index (χ0n) is 16.6. The highest BCUT2D eigenvalue weighted by atomic mass is 32.2. The minimum Gasteiger partial charge on any atom is -0.282 e. The number of hydrogen-bond acceptors (Lipinski definition) is 2. The van der Waals surface area contributed by atoms with Gasteiger partial charge in [-0.05, 0) is 59.6 Å². The minimum absolute atomic E-state index is 0.111. The molecule has 0 atom stereocenters. The lowest BCUT2D eigenvalue weighted by molar-refractivity contribution is 0.484. The first kappa shape index (κ1) is 21.9. The van der Waals surface area contributed by atoms with Crippen molar-refractivity contribution in [2.45, 2.75) is 84.5 Å². The van der Waals surface area contributed by atoms with E-state index >= 15 is 0 Å². The van der Waals surface area contributed by atoms with Gasteiger partial charge in [-0.2, -0.15) is 8.42 Å². The van der Waals surface area contributed by atoms with Crippen LogP contribution in [0.4, 0.5) is 0 Å². The van der Waals surface area contributed by atoms with E-state index in [2.05, 4.69) is 59.7 Å². The standard InChI is InChI=1S/C21H34O3S/c1-7-20(3,4)18-14-13-17(19(16-18)21(5,6)8-2)12-10-9-11-15-25(22,23)24/h11,13-16H,7-10,12H2,1-6H3,(H,22,23,24). The van der Waals surface area contributed by atoms with Gasteiger partial charge in [0.2, 0.25) is 0 Å². The minimum atomic E-state index is -4.01. The highest BCUT2D eigenvalue weighted by Crippen LogP contribution is 2.35. The quantitative estimate of drug-likeness (QED) is 0.445. The molecule has 0 radical (unpaired) electrons. The second-order valence-electron chi connectivity index (χ2n) is 8.13. The molecule has 142 valence electrons. The summed E-state index contributed by atoms with van der Waals surface area (Å²) < 4.78 is 30.2. The molecule has 0 aliphatic rings. The van der Waals surface area contributed by atoms with Gasteiger partial charge in [-0.3, -0.25) is 4.55 Å². The van der Waals surface area contributed by atoms with E-state index in [0.717, 1.165) is 31.1 Å². The molecule has 0 bridgehead atoms. The van der Waals surface area contributed by atoms with Crippen molar-refractivity contribution in [3.8, 4) is 0 Å². The Morgan fingerprint density at radius 3 is 2.16 bits per heavy atom. The Morgan fingerprint density at radius 2 is 1.64 bits per heavy atom. The van der Waals surface area contributed by atoms with Gasteiger partial charge in [-0.15, -0.1) is 0 Å². The molecule has 0 heterocycles. The van der Waals surface area contributed by atoms with Gasteiger partial charge in [0.1, 0.15) is 0 Å². The summed E-state index contributed by atoms with van der Waals surface area (Å²) in [5.74, 6) is 0. The summed E-state index contributed by atoms with van der Waals surface area (Å²) in [6.07, 6.45) is 6.08. The van der Waals surface area contributed by atoms with Crippen LogP contribution < -0.4 is 0 Å². The second kappa shape index (κ2) is 8.50. The zero-order valence-corrected chi connectivity index (χ0v) is 17.4. The number of hydrogen-bond donors (Lipinski definition) is 1. The van der Waals surface area contributed by atoms with Gasteiger partial charge in [0.15, 0.2) is 0 Å². The van der Waals surface area contributed by atoms with Crippen molar-refractivity contribution < 1.29 is 13.0 Å². The fourth-order valence-electron chi connectivity index (χ4n) is 2.84. The fraction of sp³-hybridized carbons (Fsp3) is 0.619. The zero-order chi connectivity index (χ0) is 19.3. The molecular weight excluding hydrogens is 332 g/mol. The monoisotopic (exact) mass is 366 g/mol. The molecule has 0 unspecified atom stereocenters. The topological polar surface area (TPSA) is 54.4 Å². The number of allylic oxidation sites excluding steroid dienone is 1. The Balaban J connectivity index is 3.04. The van der Waals surface area contributed by atoms with Gasteiger partial charge in [0.25, 0.3) is 10.1 Å². The Bertz CT molecular complexity index is 698. The van der Waals surface area contributed by atoms with Crippen molar-refractivity contribution >= 4 is 10.1 Å². The van der Waals surface area contributed by atoms with Crippen molar-refractivity contribution in [2.24, 2.45) is 0 Å². The first-order valence-electron chi connectivity index (χ1n) is 9.21. The molecule has 0 spiro atoms. The molecular formula is C21H34O3S. The smallest absolute Gasteiger partial charge is 0.282 e. The molecule has 3 nitrogen and oxygen atoms in total. The summed E-state index contributed by atoms with van der Waals surface area (Å²) in [6.45, 7) is 13.6. The summed E-state index contributed by atoms with van der Waals surface area (Å²) in [7, 11) is -4.01. The lowest BCUT2D eigenvalue weighted by atomic mass is 9.74. The first-order valence-corrected chi connectivity index (χ1v) is 10.7. The van der Waals surface area contributed by atoms with Crippen molar-refractivity contribution in [3.63, 3.8) is 0 Å². The lowest BCUT2D eigenvalue weighted by Gasteiger charge is -2.31. The molecule has 0 aromatic heterocycles. The van der Waals surface area contributed by atoms with Gasteiger partial charge in [-0.1, -0.05) is 65.8 Å². The second-order valence-corrected chi connectivity index (χ2v) is 9.43. The van der Waals surface area contributed by atoms with Crippen LogP contribution >= 0.6 is 0 Å². The summed E-state index contributed by atoms with van der Waals surface area (Å²) in [6, 6.07) is 6.85. The van der Waals surface area contributed by atoms with Crippen LogP contribution in [0.15, 0.2) is 29.7 Å². The normalized spacial score (nSPS) is 13.6. The maximum atomic E-state index is 10.7. The third kappa shape index (κ3) is 6.59. The Morgan fingerprint density at radius 1 is 1.04 bits per heavy atom. The van der Waals surface area contributed by atoms with Crippen molar-refractivity contribution in [1.29, 1.82) is 0 Å². The van der Waals surface area contributed by atoms with E-state index in [0.29, 0.717) is 6.42 Å². The van der Waals surface area contributed by atoms with Crippen LogP contribution in [0.1, 0.15) is 83.9 Å². The maximum Gasteiger partial charge on any atom is 0.287 e. The average molecular weight is 367 g/mol. The molecule has 0 aliphatic carbocycles. The molecule has 0 saturated heterocycles. The molecule has 4 heteroatoms. The summed E-state index contributed by atoms with van der Waals surface area (Å²) >= 11 is 0. The van der Waals surface area contributed by atoms with E-state index in [4.69, 9.17) is 4.55 Å². The fourth-order valence-corrected chi connectivity index (χ4v) is 3.22. The van der Waals surface area contributed by atoms with E-state index < -0.39 is 10.1 Å². The van der Waals surface area contributed by atoms with E-state index in [1.807, 2.05) is 0 Å². The molecule has 0 amide bonds. The summed E-state index contributed by atoms with van der Waals surface area (Å²) in [5.41, 5.74) is 4.38. The predicted molar refractivity (Wildman–Crippen MR) is 107 cm³/mol. The molecule has 25 heavy (non-hydrogen) atoms. The van der Waals surface area contributed by atoms with Crippen LogP contribution in [0, 0.1) is 0 Å². The summed E-state index contributed by atoms with van der Waals surface area (Å²) in [4.78, 5) is 0. The van der Waals surface area contributed by atoms with Gasteiger partial charge >= 0.3 is 0 Å². The van der Waals surface area contributed by atoms with E-state index in [1.165, 1.54) is 22.8 Å². The van der Waals surface area contributed by atoms with Crippen LogP contribution in [0.3, 0.4) is 0 Å². The van der Waals surface area contributed by atoms with Gasteiger partial charge in [0, 0.05) is 0 Å². The average Bonchev–Trinajstić information content (AvgIpc) is 2.53. The van der Waals surface area contributed by atoms with Crippen molar-refractivity contribution in [3.05, 3.63) is 46.4 Å². The van der Waals surface area contributed by atoms with Gasteiger partial charge in [0.05, 0.1) is 5.41 Å². The van der Waals surface area contributed by atoms with Crippen LogP contribution in [0.5, 0.6) is 0 Å². The van der Waals surface area contributed by atoms with Crippen molar-refractivity contribution in [1.82, 2.24) is 0 Å². The first-order chi connectivity index (χ1) is 11.4. The van der Waals surface area contributed by atoms with Crippen LogP contribution in [0.25, 0.3) is 0 Å². The lowest BCUT2D eigenvalue weighted by Crippen LogP contribution is -2.22. The van der Waals surface area contributed by atoms with Crippen LogP contribution in [-0.4, -0.2) is 13.0 Å². The Hall–Kier alpha value is -1.13. The Kier molecular flexibility index (Phi) is 7.45. The van der Waals surface area contributed by atoms with Crippen molar-refractivity contribution in [2.75, 3.05) is 0 Å². The number of aryl methyl sites for hydroxylation is 1. The number of rotatable bonds is 9.